The Labute approximate surface area is 123 Å². The van der Waals surface area contributed by atoms with Gasteiger partial charge in [-0.05, 0) is 36.2 Å². The lowest BCUT2D eigenvalue weighted by Crippen LogP contribution is -2.11. The highest BCUT2D eigenvalue weighted by molar-refractivity contribution is 7.90. The zero-order chi connectivity index (χ0) is 15.6. The second-order valence-corrected chi connectivity index (χ2v) is 6.76. The Morgan fingerprint density at radius 1 is 1.10 bits per heavy atom. The Balaban J connectivity index is 2.33. The van der Waals surface area contributed by atoms with Crippen LogP contribution in [0.25, 0.3) is 0 Å². The number of rotatable bonds is 4. The largest absolute Gasteiger partial charge is 0.397 e. The third kappa shape index (κ3) is 3.22. The third-order valence-corrected chi connectivity index (χ3v) is 4.95. The van der Waals surface area contributed by atoms with Gasteiger partial charge in [0.25, 0.3) is 0 Å². The summed E-state index contributed by atoms with van der Waals surface area (Å²) in [6, 6.07) is 11.1. The molecular weight excluding hydrogens is 288 g/mol. The van der Waals surface area contributed by atoms with Gasteiger partial charge in [-0.2, -0.15) is 0 Å². The maximum absolute atomic E-state index is 12.4. The Bertz CT molecular complexity index is 781. The summed E-state index contributed by atoms with van der Waals surface area (Å²) in [6.07, 6.45) is 0. The van der Waals surface area contributed by atoms with Gasteiger partial charge in [-0.3, -0.25) is 4.79 Å². The van der Waals surface area contributed by atoms with Crippen LogP contribution in [0.3, 0.4) is 0 Å². The fourth-order valence-electron chi connectivity index (χ4n) is 1.99. The number of sulfone groups is 1. The molecule has 6 heteroatoms. The van der Waals surface area contributed by atoms with Crippen LogP contribution in [0.15, 0.2) is 47.4 Å². The van der Waals surface area contributed by atoms with Gasteiger partial charge in [-0.1, -0.05) is 24.3 Å². The van der Waals surface area contributed by atoms with E-state index < -0.39 is 15.7 Å². The molecule has 0 saturated heterocycles. The Morgan fingerprint density at radius 3 is 2.29 bits per heavy atom. The second-order valence-electron chi connectivity index (χ2n) is 4.81. The van der Waals surface area contributed by atoms with Crippen LogP contribution < -0.4 is 11.5 Å². The smallest absolute Gasteiger partial charge is 0.248 e. The maximum atomic E-state index is 12.4. The number of nitrogen functional groups attached to an aromatic ring is 1. The molecule has 0 aliphatic heterocycles. The molecule has 2 aromatic rings. The predicted octanol–water partition coefficient (Wildman–Crippen LogP) is 1.65. The molecule has 1 amide bonds. The van der Waals surface area contributed by atoms with Crippen LogP contribution in [0.5, 0.6) is 0 Å². The van der Waals surface area contributed by atoms with Gasteiger partial charge in [0.15, 0.2) is 9.84 Å². The highest BCUT2D eigenvalue weighted by Crippen LogP contribution is 2.25. The van der Waals surface area contributed by atoms with Crippen LogP contribution in [0.2, 0.25) is 0 Å². The number of aryl methyl sites for hydroxylation is 1. The van der Waals surface area contributed by atoms with E-state index in [0.717, 1.165) is 5.56 Å². The van der Waals surface area contributed by atoms with E-state index in [2.05, 4.69) is 0 Å². The lowest BCUT2D eigenvalue weighted by Gasteiger charge is -2.09. The molecule has 110 valence electrons. The van der Waals surface area contributed by atoms with Crippen LogP contribution in [-0.2, 0) is 15.6 Å². The molecule has 0 heterocycles. The summed E-state index contributed by atoms with van der Waals surface area (Å²) in [7, 11) is -3.54. The van der Waals surface area contributed by atoms with Gasteiger partial charge in [-0.15, -0.1) is 0 Å². The molecule has 2 aromatic carbocycles. The molecule has 0 bridgehead atoms. The number of hydrogen-bond donors (Lipinski definition) is 2. The highest BCUT2D eigenvalue weighted by atomic mass is 32.2. The molecule has 0 saturated carbocycles. The molecule has 0 spiro atoms. The third-order valence-electron chi connectivity index (χ3n) is 3.21. The number of anilines is 1. The van der Waals surface area contributed by atoms with Gasteiger partial charge in [0.2, 0.25) is 5.91 Å². The first-order valence-electron chi connectivity index (χ1n) is 6.28. The highest BCUT2D eigenvalue weighted by Gasteiger charge is 2.19. The average molecular weight is 304 g/mol. The zero-order valence-electron chi connectivity index (χ0n) is 11.5. The van der Waals surface area contributed by atoms with Crippen LogP contribution in [-0.4, -0.2) is 14.3 Å². The molecule has 2 rings (SSSR count). The molecule has 0 fully saturated rings. The van der Waals surface area contributed by atoms with Crippen molar-refractivity contribution >= 4 is 21.4 Å². The van der Waals surface area contributed by atoms with E-state index in [1.54, 1.807) is 31.2 Å². The van der Waals surface area contributed by atoms with Gasteiger partial charge in [0.1, 0.15) is 0 Å². The van der Waals surface area contributed by atoms with Crippen molar-refractivity contribution in [1.29, 1.82) is 0 Å². The summed E-state index contributed by atoms with van der Waals surface area (Å²) in [5.74, 6) is -0.730. The van der Waals surface area contributed by atoms with Gasteiger partial charge >= 0.3 is 0 Å². The normalized spacial score (nSPS) is 11.3. The summed E-state index contributed by atoms with van der Waals surface area (Å²) in [4.78, 5) is 11.1. The minimum atomic E-state index is -3.54. The topological polar surface area (TPSA) is 103 Å². The van der Waals surface area contributed by atoms with Gasteiger partial charge in [0, 0.05) is 5.56 Å². The number of para-hydroxylation sites is 1. The van der Waals surface area contributed by atoms with E-state index in [-0.39, 0.29) is 16.3 Å². The quantitative estimate of drug-likeness (QED) is 0.838. The van der Waals surface area contributed by atoms with Crippen molar-refractivity contribution in [3.63, 3.8) is 0 Å². The summed E-state index contributed by atoms with van der Waals surface area (Å²) >= 11 is 0. The number of hydrogen-bond acceptors (Lipinski definition) is 4. The minimum Gasteiger partial charge on any atom is -0.397 e. The van der Waals surface area contributed by atoms with Crippen molar-refractivity contribution in [2.45, 2.75) is 17.6 Å². The SMILES string of the molecule is Cc1cccc(S(=O)(=O)Cc2ccc(C(N)=O)cc2)c1N. The number of carbonyl (C=O) groups excluding carboxylic acids is 1. The fraction of sp³-hybridized carbons (Fsp3) is 0.133. The van der Waals surface area contributed by atoms with Crippen molar-refractivity contribution in [3.8, 4) is 0 Å². The van der Waals surface area contributed by atoms with E-state index in [9.17, 15) is 13.2 Å². The van der Waals surface area contributed by atoms with Gasteiger partial charge in [0.05, 0.1) is 16.3 Å². The molecule has 4 N–H and O–H groups in total. The molecule has 0 aromatic heterocycles. The number of carbonyl (C=O) groups is 1. The molecule has 0 atom stereocenters. The first-order valence-corrected chi connectivity index (χ1v) is 7.93. The van der Waals surface area contributed by atoms with E-state index in [0.29, 0.717) is 11.1 Å². The zero-order valence-corrected chi connectivity index (χ0v) is 12.4. The summed E-state index contributed by atoms with van der Waals surface area (Å²) in [5, 5.41) is 0. The molecule has 21 heavy (non-hydrogen) atoms. The Hall–Kier alpha value is -2.34. The summed E-state index contributed by atoms with van der Waals surface area (Å²) in [6.45, 7) is 1.76. The lowest BCUT2D eigenvalue weighted by molar-refractivity contribution is 0.100. The number of benzene rings is 2. The number of nitrogens with two attached hydrogens (primary N) is 2. The molecule has 0 aliphatic rings. The maximum Gasteiger partial charge on any atom is 0.248 e. The molecule has 0 aliphatic carbocycles. The summed E-state index contributed by atoms with van der Waals surface area (Å²) in [5.41, 5.74) is 12.9. The van der Waals surface area contributed by atoms with Crippen molar-refractivity contribution in [3.05, 3.63) is 59.2 Å². The van der Waals surface area contributed by atoms with Crippen LogP contribution in [0.1, 0.15) is 21.5 Å². The molecular formula is C15H16N2O3S. The fourth-order valence-corrected chi connectivity index (χ4v) is 3.56. The minimum absolute atomic E-state index is 0.126. The standard InChI is InChI=1S/C15H16N2O3S/c1-10-3-2-4-13(14(10)16)21(19,20)9-11-5-7-12(8-6-11)15(17)18/h2-8H,9,16H2,1H3,(H2,17,18). The first kappa shape index (κ1) is 15.1. The molecule has 0 unspecified atom stereocenters. The van der Waals surface area contributed by atoms with Crippen molar-refractivity contribution in [1.82, 2.24) is 0 Å². The summed E-state index contributed by atoms with van der Waals surface area (Å²) < 4.78 is 24.8. The van der Waals surface area contributed by atoms with Crippen LogP contribution >= 0.6 is 0 Å². The second kappa shape index (κ2) is 5.57. The Morgan fingerprint density at radius 2 is 1.71 bits per heavy atom. The van der Waals surface area contributed by atoms with Gasteiger partial charge < -0.3 is 11.5 Å². The van der Waals surface area contributed by atoms with Crippen molar-refractivity contribution in [2.24, 2.45) is 5.73 Å². The van der Waals surface area contributed by atoms with Gasteiger partial charge in [-0.25, -0.2) is 8.42 Å². The van der Waals surface area contributed by atoms with Crippen molar-refractivity contribution < 1.29 is 13.2 Å². The number of amides is 1. The van der Waals surface area contributed by atoms with Crippen LogP contribution in [0.4, 0.5) is 5.69 Å². The Kier molecular flexibility index (Phi) is 3.99. The number of primary amides is 1. The van der Waals surface area contributed by atoms with E-state index >= 15 is 0 Å². The predicted molar refractivity (Wildman–Crippen MR) is 81.4 cm³/mol. The molecule has 5 nitrogen and oxygen atoms in total. The average Bonchev–Trinajstić information content (AvgIpc) is 2.41. The van der Waals surface area contributed by atoms with E-state index in [1.165, 1.54) is 18.2 Å². The van der Waals surface area contributed by atoms with Crippen LogP contribution in [0, 0.1) is 6.92 Å². The monoisotopic (exact) mass is 304 g/mol. The lowest BCUT2D eigenvalue weighted by atomic mass is 10.1. The molecule has 0 radical (unpaired) electrons. The van der Waals surface area contributed by atoms with E-state index in [1.807, 2.05) is 0 Å². The van der Waals surface area contributed by atoms with E-state index in [4.69, 9.17) is 11.5 Å². The first-order chi connectivity index (χ1) is 9.81. The van der Waals surface area contributed by atoms with Crippen molar-refractivity contribution in [2.75, 3.05) is 5.73 Å².